The van der Waals surface area contributed by atoms with Gasteiger partial charge in [-0.25, -0.2) is 0 Å². The Kier molecular flexibility index (Phi) is 3.89. The molecule has 0 bridgehead atoms. The van der Waals surface area contributed by atoms with E-state index >= 15 is 0 Å². The van der Waals surface area contributed by atoms with Crippen LogP contribution in [-0.4, -0.2) is 37.6 Å². The molecule has 0 spiro atoms. The number of hydrogen-bond donors (Lipinski definition) is 0. The van der Waals surface area contributed by atoms with Gasteiger partial charge in [0, 0.05) is 18.4 Å². The van der Waals surface area contributed by atoms with Gasteiger partial charge >= 0.3 is 5.97 Å². The summed E-state index contributed by atoms with van der Waals surface area (Å²) < 4.78 is 5.88. The molecule has 1 heterocycles. The predicted octanol–water partition coefficient (Wildman–Crippen LogP) is 3.25. The second-order valence-electron chi connectivity index (χ2n) is 8.03. The summed E-state index contributed by atoms with van der Waals surface area (Å²) in [7, 11) is 4.10. The fourth-order valence-corrected chi connectivity index (χ4v) is 4.45. The highest BCUT2D eigenvalue weighted by Crippen LogP contribution is 2.61. The first-order valence-corrected chi connectivity index (χ1v) is 8.41. The third-order valence-corrected chi connectivity index (χ3v) is 5.95. The maximum atomic E-state index is 12.4. The monoisotopic (exact) mass is 291 g/mol. The fourth-order valence-electron chi connectivity index (χ4n) is 4.45. The van der Waals surface area contributed by atoms with Crippen LogP contribution >= 0.6 is 0 Å². The van der Waals surface area contributed by atoms with E-state index in [-0.39, 0.29) is 18.0 Å². The molecule has 0 aromatic carbocycles. The van der Waals surface area contributed by atoms with Gasteiger partial charge in [0.2, 0.25) is 0 Å². The fraction of sp³-hybridized carbons (Fsp3) is 0.833. The standard InChI is InChI=1S/C18H29NO2/c1-12-6-5-9-18(2)10-15(18)16-13(8-7-12)14(11-19(3)4)17(20)21-16/h6,13-16H,5,7-11H2,1-4H3. The van der Waals surface area contributed by atoms with Gasteiger partial charge in [0.15, 0.2) is 0 Å². The van der Waals surface area contributed by atoms with Crippen molar-refractivity contribution in [1.82, 2.24) is 4.90 Å². The molecule has 1 aliphatic heterocycles. The first kappa shape index (κ1) is 15.1. The molecule has 0 N–H and O–H groups in total. The van der Waals surface area contributed by atoms with Gasteiger partial charge in [-0.3, -0.25) is 4.79 Å². The van der Waals surface area contributed by atoms with Gasteiger partial charge in [0.25, 0.3) is 0 Å². The maximum Gasteiger partial charge on any atom is 0.310 e. The van der Waals surface area contributed by atoms with Crippen LogP contribution in [-0.2, 0) is 9.53 Å². The van der Waals surface area contributed by atoms with Gasteiger partial charge in [0.1, 0.15) is 6.10 Å². The van der Waals surface area contributed by atoms with Crippen LogP contribution < -0.4 is 0 Å². The lowest BCUT2D eigenvalue weighted by Crippen LogP contribution is -2.32. The van der Waals surface area contributed by atoms with Crippen molar-refractivity contribution >= 4 is 5.97 Å². The molecule has 5 atom stereocenters. The number of hydrogen-bond acceptors (Lipinski definition) is 3. The summed E-state index contributed by atoms with van der Waals surface area (Å²) in [5.74, 6) is 1.13. The van der Waals surface area contributed by atoms with Crippen LogP contribution in [0.25, 0.3) is 0 Å². The molecule has 0 aromatic heterocycles. The third kappa shape index (κ3) is 2.90. The topological polar surface area (TPSA) is 29.5 Å². The maximum absolute atomic E-state index is 12.4. The lowest BCUT2D eigenvalue weighted by Gasteiger charge is -2.25. The van der Waals surface area contributed by atoms with Gasteiger partial charge in [-0.1, -0.05) is 18.6 Å². The molecular formula is C18H29NO2. The van der Waals surface area contributed by atoms with Crippen molar-refractivity contribution in [1.29, 1.82) is 0 Å². The average Bonchev–Trinajstić information content (AvgIpc) is 2.97. The van der Waals surface area contributed by atoms with Crippen LogP contribution in [0.2, 0.25) is 0 Å². The third-order valence-electron chi connectivity index (χ3n) is 5.95. The zero-order valence-corrected chi connectivity index (χ0v) is 13.9. The van der Waals surface area contributed by atoms with Gasteiger partial charge in [0.05, 0.1) is 5.92 Å². The van der Waals surface area contributed by atoms with Crippen LogP contribution in [0.1, 0.15) is 46.0 Å². The van der Waals surface area contributed by atoms with Gasteiger partial charge in [-0.15, -0.1) is 0 Å². The highest BCUT2D eigenvalue weighted by molar-refractivity contribution is 5.75. The first-order chi connectivity index (χ1) is 9.90. The zero-order chi connectivity index (χ0) is 15.2. The molecule has 0 aromatic rings. The summed E-state index contributed by atoms with van der Waals surface area (Å²) in [6, 6.07) is 0. The first-order valence-electron chi connectivity index (χ1n) is 8.41. The zero-order valence-electron chi connectivity index (χ0n) is 13.9. The minimum Gasteiger partial charge on any atom is -0.461 e. The Hall–Kier alpha value is -0.830. The lowest BCUT2D eigenvalue weighted by atomic mass is 9.80. The summed E-state index contributed by atoms with van der Waals surface area (Å²) in [5.41, 5.74) is 1.89. The van der Waals surface area contributed by atoms with E-state index < -0.39 is 0 Å². The Bertz CT molecular complexity index is 456. The molecule has 21 heavy (non-hydrogen) atoms. The molecule has 3 heteroatoms. The number of ether oxygens (including phenoxy) is 1. The lowest BCUT2D eigenvalue weighted by molar-refractivity contribution is -0.145. The van der Waals surface area contributed by atoms with E-state index in [9.17, 15) is 4.79 Å². The second-order valence-corrected chi connectivity index (χ2v) is 8.03. The predicted molar refractivity (Wildman–Crippen MR) is 83.9 cm³/mol. The van der Waals surface area contributed by atoms with Gasteiger partial charge in [-0.05, 0) is 58.5 Å². The van der Waals surface area contributed by atoms with Crippen molar-refractivity contribution in [3.63, 3.8) is 0 Å². The van der Waals surface area contributed by atoms with E-state index in [2.05, 4.69) is 24.8 Å². The highest BCUT2D eigenvalue weighted by Gasteiger charge is 2.60. The number of carbonyl (C=O) groups is 1. The Morgan fingerprint density at radius 2 is 2.19 bits per heavy atom. The van der Waals surface area contributed by atoms with Crippen molar-refractivity contribution in [3.8, 4) is 0 Å². The van der Waals surface area contributed by atoms with Crippen molar-refractivity contribution in [2.45, 2.75) is 52.1 Å². The largest absolute Gasteiger partial charge is 0.461 e. The molecule has 118 valence electrons. The summed E-state index contributed by atoms with van der Waals surface area (Å²) in [6.07, 6.45) is 8.48. The summed E-state index contributed by atoms with van der Waals surface area (Å²) in [6.45, 7) is 5.45. The molecule has 3 rings (SSSR count). The van der Waals surface area contributed by atoms with E-state index in [4.69, 9.17) is 4.74 Å². The van der Waals surface area contributed by atoms with Crippen molar-refractivity contribution < 1.29 is 9.53 Å². The van der Waals surface area contributed by atoms with Gasteiger partial charge < -0.3 is 9.64 Å². The van der Waals surface area contributed by atoms with Crippen molar-refractivity contribution in [3.05, 3.63) is 11.6 Å². The van der Waals surface area contributed by atoms with Crippen LogP contribution in [0.3, 0.4) is 0 Å². The van der Waals surface area contributed by atoms with E-state index in [0.29, 0.717) is 17.3 Å². The van der Waals surface area contributed by atoms with Crippen molar-refractivity contribution in [2.75, 3.05) is 20.6 Å². The molecule has 2 aliphatic carbocycles. The van der Waals surface area contributed by atoms with Crippen LogP contribution in [0, 0.1) is 23.2 Å². The Morgan fingerprint density at radius 1 is 1.43 bits per heavy atom. The van der Waals surface area contributed by atoms with Crippen molar-refractivity contribution in [2.24, 2.45) is 23.2 Å². The summed E-state index contributed by atoms with van der Waals surface area (Å²) in [5, 5.41) is 0. The molecule has 0 radical (unpaired) electrons. The van der Waals surface area contributed by atoms with Crippen LogP contribution in [0.4, 0.5) is 0 Å². The molecule has 5 unspecified atom stereocenters. The summed E-state index contributed by atoms with van der Waals surface area (Å²) in [4.78, 5) is 14.5. The number of rotatable bonds is 2. The minimum absolute atomic E-state index is 0.0498. The molecule has 3 nitrogen and oxygen atoms in total. The molecule has 1 saturated carbocycles. The molecule has 2 fully saturated rings. The Morgan fingerprint density at radius 3 is 2.90 bits per heavy atom. The molecule has 0 amide bonds. The van der Waals surface area contributed by atoms with Gasteiger partial charge in [-0.2, -0.15) is 0 Å². The molecule has 1 saturated heterocycles. The van der Waals surface area contributed by atoms with E-state index in [1.165, 1.54) is 24.8 Å². The Labute approximate surface area is 128 Å². The molecular weight excluding hydrogens is 262 g/mol. The number of allylic oxidation sites excluding steroid dienone is 2. The number of fused-ring (bicyclic) bond motifs is 3. The number of esters is 1. The molecule has 3 aliphatic rings. The number of nitrogens with zero attached hydrogens (tertiary/aromatic N) is 1. The SMILES string of the molecule is CC1=CCCC2(C)CC2C2OC(=O)C(CN(C)C)C2CC1. The van der Waals surface area contributed by atoms with E-state index in [1.54, 1.807) is 0 Å². The highest BCUT2D eigenvalue weighted by atomic mass is 16.6. The number of carbonyl (C=O) groups excluding carboxylic acids is 1. The van der Waals surface area contributed by atoms with E-state index in [1.807, 2.05) is 14.1 Å². The normalized spacial score (nSPS) is 42.9. The van der Waals surface area contributed by atoms with E-state index in [0.717, 1.165) is 19.4 Å². The summed E-state index contributed by atoms with van der Waals surface area (Å²) >= 11 is 0. The van der Waals surface area contributed by atoms with Crippen LogP contribution in [0.15, 0.2) is 11.6 Å². The second kappa shape index (κ2) is 5.42. The quantitative estimate of drug-likeness (QED) is 0.578. The average molecular weight is 291 g/mol. The smallest absolute Gasteiger partial charge is 0.310 e. The Balaban J connectivity index is 1.83. The van der Waals surface area contributed by atoms with Crippen LogP contribution in [0.5, 0.6) is 0 Å². The minimum atomic E-state index is 0.0498.